The van der Waals surface area contributed by atoms with Crippen LogP contribution >= 0.6 is 11.6 Å². The molecule has 0 aliphatic heterocycles. The molecule has 5 nitrogen and oxygen atoms in total. The van der Waals surface area contributed by atoms with Crippen LogP contribution < -0.4 is 10.1 Å². The number of hydrogen-bond donors (Lipinski definition) is 2. The largest absolute Gasteiger partial charge is 0.489 e. The topological polar surface area (TPSA) is 75.6 Å². The van der Waals surface area contributed by atoms with Gasteiger partial charge in [-0.1, -0.05) is 65.7 Å². The fourth-order valence-corrected chi connectivity index (χ4v) is 3.00. The average molecular weight is 422 g/mol. The van der Waals surface area contributed by atoms with Crippen molar-refractivity contribution in [1.29, 1.82) is 0 Å². The second kappa shape index (κ2) is 9.76. The van der Waals surface area contributed by atoms with Crippen molar-refractivity contribution in [2.45, 2.75) is 13.5 Å². The lowest BCUT2D eigenvalue weighted by Crippen LogP contribution is -2.27. The zero-order valence-electron chi connectivity index (χ0n) is 16.3. The van der Waals surface area contributed by atoms with E-state index in [0.717, 1.165) is 11.1 Å². The maximum absolute atomic E-state index is 12.3. The van der Waals surface area contributed by atoms with Gasteiger partial charge in [0.05, 0.1) is 10.6 Å². The van der Waals surface area contributed by atoms with E-state index in [1.165, 1.54) is 12.1 Å². The van der Waals surface area contributed by atoms with Crippen LogP contribution in [-0.2, 0) is 11.4 Å². The van der Waals surface area contributed by atoms with Crippen LogP contribution in [0.15, 0.2) is 78.5 Å². The number of ether oxygens (including phenoxy) is 1. The Bertz CT molecular complexity index is 1090. The van der Waals surface area contributed by atoms with Gasteiger partial charge in [0.1, 0.15) is 18.1 Å². The minimum atomic E-state index is -1.25. The SMILES string of the molecule is Cc1cccc(COc2ccc(/C=C(/NC(=O)c3ccccc3Cl)C(=O)O)cc2)c1. The Hall–Kier alpha value is -3.57. The van der Waals surface area contributed by atoms with E-state index in [9.17, 15) is 14.7 Å². The molecule has 0 heterocycles. The smallest absolute Gasteiger partial charge is 0.352 e. The van der Waals surface area contributed by atoms with Crippen LogP contribution in [0.2, 0.25) is 5.02 Å². The molecule has 0 unspecified atom stereocenters. The first-order valence-corrected chi connectivity index (χ1v) is 9.59. The number of carbonyl (C=O) groups is 2. The Kier molecular flexibility index (Phi) is 6.88. The number of carbonyl (C=O) groups excluding carboxylic acids is 1. The van der Waals surface area contributed by atoms with E-state index >= 15 is 0 Å². The van der Waals surface area contributed by atoms with E-state index in [4.69, 9.17) is 16.3 Å². The summed E-state index contributed by atoms with van der Waals surface area (Å²) in [6, 6.07) is 21.4. The molecule has 3 rings (SSSR count). The third-order valence-electron chi connectivity index (χ3n) is 4.28. The van der Waals surface area contributed by atoms with Crippen LogP contribution in [0.4, 0.5) is 0 Å². The summed E-state index contributed by atoms with van der Waals surface area (Å²) in [6.45, 7) is 2.46. The summed E-state index contributed by atoms with van der Waals surface area (Å²) in [5, 5.41) is 12.1. The van der Waals surface area contributed by atoms with Gasteiger partial charge < -0.3 is 15.2 Å². The lowest BCUT2D eigenvalue weighted by molar-refractivity contribution is -0.132. The third kappa shape index (κ3) is 5.72. The van der Waals surface area contributed by atoms with E-state index in [-0.39, 0.29) is 16.3 Å². The fraction of sp³-hybridized carbons (Fsp3) is 0.0833. The van der Waals surface area contributed by atoms with Crippen molar-refractivity contribution in [3.05, 3.63) is 106 Å². The molecule has 0 saturated heterocycles. The first kappa shape index (κ1) is 21.1. The summed E-state index contributed by atoms with van der Waals surface area (Å²) in [5.74, 6) is -1.19. The molecule has 0 bridgehead atoms. The number of benzene rings is 3. The number of nitrogens with one attached hydrogen (secondary N) is 1. The molecule has 3 aromatic carbocycles. The van der Waals surface area contributed by atoms with E-state index < -0.39 is 11.9 Å². The number of aliphatic carboxylic acids is 1. The number of halogens is 1. The molecule has 0 fully saturated rings. The van der Waals surface area contributed by atoms with Gasteiger partial charge in [-0.15, -0.1) is 0 Å². The maximum Gasteiger partial charge on any atom is 0.352 e. The summed E-state index contributed by atoms with van der Waals surface area (Å²) in [5.41, 5.74) is 2.78. The summed E-state index contributed by atoms with van der Waals surface area (Å²) in [7, 11) is 0. The summed E-state index contributed by atoms with van der Waals surface area (Å²) in [4.78, 5) is 23.9. The first-order chi connectivity index (χ1) is 14.4. The minimum Gasteiger partial charge on any atom is -0.489 e. The molecule has 2 N–H and O–H groups in total. The number of carboxylic acids is 1. The molecule has 3 aromatic rings. The molecule has 0 radical (unpaired) electrons. The highest BCUT2D eigenvalue weighted by molar-refractivity contribution is 6.34. The molecular weight excluding hydrogens is 402 g/mol. The van der Waals surface area contributed by atoms with Crippen LogP contribution in [0.5, 0.6) is 5.75 Å². The van der Waals surface area contributed by atoms with Crippen LogP contribution in [-0.4, -0.2) is 17.0 Å². The van der Waals surface area contributed by atoms with E-state index in [1.54, 1.807) is 42.5 Å². The fourth-order valence-electron chi connectivity index (χ4n) is 2.78. The molecular formula is C24H20ClNO4. The van der Waals surface area contributed by atoms with Crippen molar-refractivity contribution in [3.8, 4) is 5.75 Å². The van der Waals surface area contributed by atoms with Crippen LogP contribution in [0, 0.1) is 6.92 Å². The molecule has 0 spiro atoms. The average Bonchev–Trinajstić information content (AvgIpc) is 2.73. The first-order valence-electron chi connectivity index (χ1n) is 9.21. The highest BCUT2D eigenvalue weighted by Crippen LogP contribution is 2.18. The van der Waals surface area contributed by atoms with Crippen molar-refractivity contribution >= 4 is 29.6 Å². The Morgan fingerprint density at radius 3 is 2.43 bits per heavy atom. The minimum absolute atomic E-state index is 0.200. The molecule has 6 heteroatoms. The van der Waals surface area contributed by atoms with Gasteiger partial charge in [-0.05, 0) is 48.4 Å². The van der Waals surface area contributed by atoms with Gasteiger partial charge in [0.15, 0.2) is 0 Å². The zero-order chi connectivity index (χ0) is 21.5. The Morgan fingerprint density at radius 1 is 1.03 bits per heavy atom. The van der Waals surface area contributed by atoms with E-state index in [2.05, 4.69) is 11.4 Å². The van der Waals surface area contributed by atoms with Crippen LogP contribution in [0.1, 0.15) is 27.0 Å². The van der Waals surface area contributed by atoms with Crippen molar-refractivity contribution in [2.24, 2.45) is 0 Å². The van der Waals surface area contributed by atoms with Gasteiger partial charge in [-0.25, -0.2) is 4.79 Å². The van der Waals surface area contributed by atoms with Crippen molar-refractivity contribution < 1.29 is 19.4 Å². The predicted octanol–water partition coefficient (Wildman–Crippen LogP) is 5.08. The van der Waals surface area contributed by atoms with Crippen LogP contribution in [0.25, 0.3) is 6.08 Å². The van der Waals surface area contributed by atoms with E-state index in [1.807, 2.05) is 25.1 Å². The standard InChI is InChI=1S/C24H20ClNO4/c1-16-5-4-6-18(13-16)15-30-19-11-9-17(10-12-19)14-22(24(28)29)26-23(27)20-7-2-3-8-21(20)25/h2-14H,15H2,1H3,(H,26,27)(H,28,29)/b22-14+. The monoisotopic (exact) mass is 421 g/mol. The normalized spacial score (nSPS) is 11.1. The molecule has 0 saturated carbocycles. The molecule has 0 aliphatic rings. The van der Waals surface area contributed by atoms with Gasteiger partial charge in [-0.3, -0.25) is 4.79 Å². The summed E-state index contributed by atoms with van der Waals surface area (Å²) >= 11 is 6.00. The van der Waals surface area contributed by atoms with Gasteiger partial charge in [-0.2, -0.15) is 0 Å². The lowest BCUT2D eigenvalue weighted by Gasteiger charge is -2.09. The number of hydrogen-bond acceptors (Lipinski definition) is 3. The van der Waals surface area contributed by atoms with Crippen LogP contribution in [0.3, 0.4) is 0 Å². The van der Waals surface area contributed by atoms with Gasteiger partial charge in [0, 0.05) is 0 Å². The van der Waals surface area contributed by atoms with Crippen molar-refractivity contribution in [2.75, 3.05) is 0 Å². The molecule has 0 aliphatic carbocycles. The lowest BCUT2D eigenvalue weighted by atomic mass is 10.1. The predicted molar refractivity (Wildman–Crippen MR) is 116 cm³/mol. The number of rotatable bonds is 7. The van der Waals surface area contributed by atoms with Gasteiger partial charge in [0.2, 0.25) is 0 Å². The number of amides is 1. The Labute approximate surface area is 179 Å². The highest BCUT2D eigenvalue weighted by Gasteiger charge is 2.15. The second-order valence-electron chi connectivity index (χ2n) is 6.64. The van der Waals surface area contributed by atoms with Gasteiger partial charge >= 0.3 is 5.97 Å². The maximum atomic E-state index is 12.3. The molecule has 30 heavy (non-hydrogen) atoms. The number of carboxylic acid groups (broad SMARTS) is 1. The zero-order valence-corrected chi connectivity index (χ0v) is 17.0. The van der Waals surface area contributed by atoms with Crippen molar-refractivity contribution in [1.82, 2.24) is 5.32 Å². The Morgan fingerprint density at radius 2 is 1.77 bits per heavy atom. The van der Waals surface area contributed by atoms with Gasteiger partial charge in [0.25, 0.3) is 5.91 Å². The summed E-state index contributed by atoms with van der Waals surface area (Å²) in [6.07, 6.45) is 1.38. The highest BCUT2D eigenvalue weighted by atomic mass is 35.5. The third-order valence-corrected chi connectivity index (χ3v) is 4.61. The second-order valence-corrected chi connectivity index (χ2v) is 7.05. The molecule has 0 atom stereocenters. The summed E-state index contributed by atoms with van der Waals surface area (Å²) < 4.78 is 5.77. The van der Waals surface area contributed by atoms with E-state index in [0.29, 0.717) is 17.9 Å². The molecule has 1 amide bonds. The van der Waals surface area contributed by atoms with Crippen molar-refractivity contribution in [3.63, 3.8) is 0 Å². The molecule has 0 aromatic heterocycles. The quantitative estimate of drug-likeness (QED) is 0.521. The number of aryl methyl sites for hydroxylation is 1. The Balaban J connectivity index is 1.69. The molecule has 152 valence electrons.